The lowest BCUT2D eigenvalue weighted by Gasteiger charge is -2.28. The van der Waals surface area contributed by atoms with E-state index >= 15 is 0 Å². The number of nitrogens with zero attached hydrogens (tertiary/aromatic N) is 1. The molecule has 1 fully saturated rings. The molecule has 4 heteroatoms. The minimum Gasteiger partial charge on any atom is -0.445 e. The normalized spacial score (nSPS) is 23.3. The summed E-state index contributed by atoms with van der Waals surface area (Å²) in [5, 5.41) is 0. The Hall–Kier alpha value is -1.81. The van der Waals surface area contributed by atoms with E-state index in [1.165, 1.54) is 0 Å². The highest BCUT2D eigenvalue weighted by Crippen LogP contribution is 2.21. The first-order chi connectivity index (χ1) is 9.58. The summed E-state index contributed by atoms with van der Waals surface area (Å²) in [4.78, 5) is 13.9. The quantitative estimate of drug-likeness (QED) is 0.844. The van der Waals surface area contributed by atoms with Crippen molar-refractivity contribution in [2.75, 3.05) is 6.54 Å². The minimum absolute atomic E-state index is 0.0130. The molecular formula is C16H22N2O2. The van der Waals surface area contributed by atoms with E-state index in [1.807, 2.05) is 37.3 Å². The van der Waals surface area contributed by atoms with Crippen LogP contribution in [0, 0.1) is 0 Å². The first-order valence-corrected chi connectivity index (χ1v) is 6.98. The molecule has 1 aliphatic heterocycles. The number of hydrogen-bond acceptors (Lipinski definition) is 3. The van der Waals surface area contributed by atoms with E-state index in [0.29, 0.717) is 6.54 Å². The molecule has 2 atom stereocenters. The number of hydrogen-bond donors (Lipinski definition) is 1. The molecule has 4 nitrogen and oxygen atoms in total. The predicted molar refractivity (Wildman–Crippen MR) is 79.1 cm³/mol. The zero-order valence-corrected chi connectivity index (χ0v) is 11.9. The van der Waals surface area contributed by atoms with E-state index < -0.39 is 0 Å². The number of ether oxygens (including phenoxy) is 1. The van der Waals surface area contributed by atoms with Crippen molar-refractivity contribution in [1.29, 1.82) is 0 Å². The van der Waals surface area contributed by atoms with Gasteiger partial charge >= 0.3 is 6.09 Å². The molecule has 0 saturated carbocycles. The summed E-state index contributed by atoms with van der Waals surface area (Å²) in [5.74, 6) is 0. The van der Waals surface area contributed by atoms with Crippen molar-refractivity contribution in [2.24, 2.45) is 5.73 Å². The van der Waals surface area contributed by atoms with Gasteiger partial charge in [-0.1, -0.05) is 42.5 Å². The third-order valence-electron chi connectivity index (χ3n) is 3.77. The van der Waals surface area contributed by atoms with Crippen molar-refractivity contribution in [2.45, 2.75) is 38.5 Å². The molecule has 2 rings (SSSR count). The van der Waals surface area contributed by atoms with Crippen molar-refractivity contribution in [3.8, 4) is 0 Å². The van der Waals surface area contributed by atoms with E-state index in [2.05, 4.69) is 6.58 Å². The maximum absolute atomic E-state index is 12.2. The molecule has 2 N–H and O–H groups in total. The van der Waals surface area contributed by atoms with Gasteiger partial charge in [0.15, 0.2) is 0 Å². The number of carbonyl (C=O) groups excluding carboxylic acids is 1. The Kier molecular flexibility index (Phi) is 4.79. The van der Waals surface area contributed by atoms with E-state index in [9.17, 15) is 4.79 Å². The van der Waals surface area contributed by atoms with Gasteiger partial charge in [-0.15, -0.1) is 0 Å². The van der Waals surface area contributed by atoms with Gasteiger partial charge in [-0.25, -0.2) is 4.79 Å². The largest absolute Gasteiger partial charge is 0.445 e. The summed E-state index contributed by atoms with van der Waals surface area (Å²) in [6.07, 6.45) is 1.41. The highest BCUT2D eigenvalue weighted by atomic mass is 16.6. The molecular weight excluding hydrogens is 252 g/mol. The Balaban J connectivity index is 1.97. The van der Waals surface area contributed by atoms with Gasteiger partial charge in [-0.3, -0.25) is 0 Å². The Labute approximate surface area is 120 Å². The Morgan fingerprint density at radius 2 is 2.15 bits per heavy atom. The molecule has 1 amide bonds. The number of amides is 1. The topological polar surface area (TPSA) is 55.6 Å². The van der Waals surface area contributed by atoms with Gasteiger partial charge in [0.25, 0.3) is 0 Å². The van der Waals surface area contributed by atoms with Crippen LogP contribution in [0.15, 0.2) is 42.5 Å². The van der Waals surface area contributed by atoms with Crippen LogP contribution in [0.25, 0.3) is 0 Å². The number of carbonyl (C=O) groups is 1. The van der Waals surface area contributed by atoms with Crippen molar-refractivity contribution in [3.63, 3.8) is 0 Å². The first-order valence-electron chi connectivity index (χ1n) is 6.98. The van der Waals surface area contributed by atoms with Crippen molar-refractivity contribution in [3.05, 3.63) is 48.0 Å². The molecule has 1 aromatic rings. The van der Waals surface area contributed by atoms with Crippen molar-refractivity contribution < 1.29 is 9.53 Å². The molecule has 0 radical (unpaired) electrons. The fourth-order valence-electron chi connectivity index (χ4n) is 2.34. The Morgan fingerprint density at radius 3 is 2.85 bits per heavy atom. The third-order valence-corrected chi connectivity index (χ3v) is 3.77. The van der Waals surface area contributed by atoms with Gasteiger partial charge in [-0.05, 0) is 25.3 Å². The fourth-order valence-corrected chi connectivity index (χ4v) is 2.34. The molecule has 0 aromatic heterocycles. The van der Waals surface area contributed by atoms with Crippen LogP contribution < -0.4 is 5.73 Å². The molecule has 0 spiro atoms. The molecule has 1 saturated heterocycles. The molecule has 1 aromatic carbocycles. The fraction of sp³-hybridized carbons (Fsp3) is 0.438. The third kappa shape index (κ3) is 3.61. The molecule has 0 bridgehead atoms. The zero-order chi connectivity index (χ0) is 14.5. The Morgan fingerprint density at radius 1 is 1.45 bits per heavy atom. The standard InChI is InChI=1S/C16H22N2O2/c1-12-8-9-15(17)10-18(13(12)2)16(19)20-11-14-6-4-3-5-7-14/h3-7,13,15H,1,8-11,17H2,2H3/t13-,15-/m0/s1. The second-order valence-electron chi connectivity index (χ2n) is 5.33. The summed E-state index contributed by atoms with van der Waals surface area (Å²) < 4.78 is 5.38. The van der Waals surface area contributed by atoms with Crippen LogP contribution >= 0.6 is 0 Å². The van der Waals surface area contributed by atoms with Crippen LogP contribution in [0.5, 0.6) is 0 Å². The van der Waals surface area contributed by atoms with Gasteiger partial charge in [0.1, 0.15) is 6.61 Å². The highest BCUT2D eigenvalue weighted by Gasteiger charge is 2.28. The van der Waals surface area contributed by atoms with Crippen LogP contribution in [0.2, 0.25) is 0 Å². The van der Waals surface area contributed by atoms with Crippen LogP contribution in [0.3, 0.4) is 0 Å². The monoisotopic (exact) mass is 274 g/mol. The van der Waals surface area contributed by atoms with E-state index in [4.69, 9.17) is 10.5 Å². The molecule has 0 aliphatic carbocycles. The van der Waals surface area contributed by atoms with Crippen LogP contribution in [-0.2, 0) is 11.3 Å². The van der Waals surface area contributed by atoms with Crippen molar-refractivity contribution >= 4 is 6.09 Å². The van der Waals surface area contributed by atoms with Crippen LogP contribution in [0.1, 0.15) is 25.3 Å². The van der Waals surface area contributed by atoms with E-state index in [0.717, 1.165) is 24.0 Å². The van der Waals surface area contributed by atoms with Crippen LogP contribution in [0.4, 0.5) is 4.79 Å². The minimum atomic E-state index is -0.320. The maximum atomic E-state index is 12.2. The van der Waals surface area contributed by atoms with Crippen LogP contribution in [-0.4, -0.2) is 29.6 Å². The summed E-state index contributed by atoms with van der Waals surface area (Å²) in [6, 6.07) is 9.62. The number of nitrogens with two attached hydrogens (primary N) is 1. The van der Waals surface area contributed by atoms with Gasteiger partial charge in [0.2, 0.25) is 0 Å². The summed E-state index contributed by atoms with van der Waals surface area (Å²) in [6.45, 7) is 6.82. The lowest BCUT2D eigenvalue weighted by Crippen LogP contribution is -2.44. The molecule has 1 aliphatic rings. The van der Waals surface area contributed by atoms with E-state index in [1.54, 1.807) is 4.90 Å². The number of likely N-dealkylation sites (tertiary alicyclic amines) is 1. The SMILES string of the molecule is C=C1CC[C@H](N)CN(C(=O)OCc2ccccc2)[C@H]1C. The Bertz CT molecular complexity index is 473. The van der Waals surface area contributed by atoms with Gasteiger partial charge in [0, 0.05) is 12.6 Å². The first kappa shape index (κ1) is 14.6. The average molecular weight is 274 g/mol. The van der Waals surface area contributed by atoms with Gasteiger partial charge < -0.3 is 15.4 Å². The molecule has 20 heavy (non-hydrogen) atoms. The van der Waals surface area contributed by atoms with E-state index in [-0.39, 0.29) is 24.8 Å². The lowest BCUT2D eigenvalue weighted by atomic mass is 10.1. The number of rotatable bonds is 2. The second kappa shape index (κ2) is 6.57. The zero-order valence-electron chi connectivity index (χ0n) is 11.9. The predicted octanol–water partition coefficient (Wildman–Crippen LogP) is 2.69. The molecule has 108 valence electrons. The molecule has 0 unspecified atom stereocenters. The number of benzene rings is 1. The average Bonchev–Trinajstić information content (AvgIpc) is 2.59. The highest BCUT2D eigenvalue weighted by molar-refractivity contribution is 5.68. The molecule has 1 heterocycles. The lowest BCUT2D eigenvalue weighted by molar-refractivity contribution is 0.0877. The smallest absolute Gasteiger partial charge is 0.410 e. The summed E-state index contributed by atoms with van der Waals surface area (Å²) in [7, 11) is 0. The second-order valence-corrected chi connectivity index (χ2v) is 5.33. The van der Waals surface area contributed by atoms with Crippen molar-refractivity contribution in [1.82, 2.24) is 4.90 Å². The van der Waals surface area contributed by atoms with Gasteiger partial charge in [0.05, 0.1) is 6.04 Å². The summed E-state index contributed by atoms with van der Waals surface area (Å²) >= 11 is 0. The van der Waals surface area contributed by atoms with Gasteiger partial charge in [-0.2, -0.15) is 0 Å². The maximum Gasteiger partial charge on any atom is 0.410 e. The summed E-state index contributed by atoms with van der Waals surface area (Å²) in [5.41, 5.74) is 8.02.